The standard InChI is InChI=1S/C19H14ClN7O/c1-28-10-14-5-17(24-11-23-14)26-18-6-16-13(8-22-18)9-25-27(16)19-12(7-21)3-2-4-15(19)20/h2-6,8-9,11H,10H2,1H3,(H,22,23,24,26). The maximum absolute atomic E-state index is 9.43. The number of hydrogen-bond donors (Lipinski definition) is 1. The van der Waals surface area contributed by atoms with E-state index in [1.54, 1.807) is 48.5 Å². The maximum atomic E-state index is 9.43. The molecule has 9 heteroatoms. The fourth-order valence-corrected chi connectivity index (χ4v) is 3.07. The van der Waals surface area contributed by atoms with Crippen LogP contribution in [0.25, 0.3) is 16.6 Å². The molecule has 0 fully saturated rings. The number of rotatable bonds is 5. The summed E-state index contributed by atoms with van der Waals surface area (Å²) in [6.07, 6.45) is 4.84. The fraction of sp³-hybridized carbons (Fsp3) is 0.105. The van der Waals surface area contributed by atoms with Gasteiger partial charge in [-0.1, -0.05) is 17.7 Å². The van der Waals surface area contributed by atoms with Gasteiger partial charge in [0.05, 0.1) is 34.6 Å². The first-order valence-electron chi connectivity index (χ1n) is 8.29. The van der Waals surface area contributed by atoms with E-state index >= 15 is 0 Å². The summed E-state index contributed by atoms with van der Waals surface area (Å²) in [4.78, 5) is 12.7. The van der Waals surface area contributed by atoms with Crippen molar-refractivity contribution >= 4 is 34.1 Å². The van der Waals surface area contributed by atoms with Crippen LogP contribution in [-0.2, 0) is 11.3 Å². The monoisotopic (exact) mass is 391 g/mol. The van der Waals surface area contributed by atoms with Gasteiger partial charge in [-0.25, -0.2) is 19.6 Å². The molecule has 138 valence electrons. The van der Waals surface area contributed by atoms with Gasteiger partial charge in [-0.3, -0.25) is 0 Å². The zero-order valence-electron chi connectivity index (χ0n) is 14.8. The normalized spacial score (nSPS) is 10.8. The summed E-state index contributed by atoms with van der Waals surface area (Å²) >= 11 is 6.34. The van der Waals surface area contributed by atoms with Crippen LogP contribution in [0.1, 0.15) is 11.3 Å². The summed E-state index contributed by atoms with van der Waals surface area (Å²) in [5.74, 6) is 1.16. The number of nitrogens with zero attached hydrogens (tertiary/aromatic N) is 6. The molecule has 0 aliphatic heterocycles. The Morgan fingerprint density at radius 1 is 1.18 bits per heavy atom. The highest BCUT2D eigenvalue weighted by molar-refractivity contribution is 6.32. The summed E-state index contributed by atoms with van der Waals surface area (Å²) in [6, 6.07) is 10.9. The quantitative estimate of drug-likeness (QED) is 0.554. The molecule has 3 heterocycles. The second-order valence-corrected chi connectivity index (χ2v) is 6.29. The number of fused-ring (bicyclic) bond motifs is 1. The molecule has 0 spiro atoms. The first-order chi connectivity index (χ1) is 13.7. The van der Waals surface area contributed by atoms with Crippen LogP contribution in [0, 0.1) is 11.3 Å². The summed E-state index contributed by atoms with van der Waals surface area (Å²) < 4.78 is 6.73. The van der Waals surface area contributed by atoms with E-state index in [0.29, 0.717) is 34.5 Å². The van der Waals surface area contributed by atoms with Gasteiger partial charge in [-0.2, -0.15) is 10.4 Å². The molecule has 0 atom stereocenters. The van der Waals surface area contributed by atoms with Crippen LogP contribution in [0.3, 0.4) is 0 Å². The number of nitriles is 1. The molecule has 3 aromatic heterocycles. The highest BCUT2D eigenvalue weighted by atomic mass is 35.5. The minimum atomic E-state index is 0.389. The van der Waals surface area contributed by atoms with Crippen molar-refractivity contribution < 1.29 is 4.74 Å². The van der Waals surface area contributed by atoms with Gasteiger partial charge in [0.2, 0.25) is 0 Å². The van der Waals surface area contributed by atoms with Gasteiger partial charge in [0, 0.05) is 30.8 Å². The van der Waals surface area contributed by atoms with Gasteiger partial charge in [0.25, 0.3) is 0 Å². The minimum Gasteiger partial charge on any atom is -0.378 e. The third kappa shape index (κ3) is 3.36. The van der Waals surface area contributed by atoms with Gasteiger partial charge >= 0.3 is 0 Å². The number of methoxy groups -OCH3 is 1. The Morgan fingerprint density at radius 3 is 2.86 bits per heavy atom. The van der Waals surface area contributed by atoms with E-state index in [-0.39, 0.29) is 0 Å². The molecule has 0 aliphatic carbocycles. The van der Waals surface area contributed by atoms with Crippen LogP contribution in [-0.4, -0.2) is 31.8 Å². The molecule has 0 unspecified atom stereocenters. The predicted molar refractivity (Wildman–Crippen MR) is 105 cm³/mol. The van der Waals surface area contributed by atoms with Crippen LogP contribution >= 0.6 is 11.6 Å². The Morgan fingerprint density at radius 2 is 2.04 bits per heavy atom. The van der Waals surface area contributed by atoms with Gasteiger partial charge in [-0.15, -0.1) is 0 Å². The van der Waals surface area contributed by atoms with Gasteiger partial charge < -0.3 is 10.1 Å². The average molecular weight is 392 g/mol. The number of ether oxygens (including phenoxy) is 1. The Hall–Kier alpha value is -3.54. The molecule has 0 aliphatic rings. The maximum Gasteiger partial charge on any atom is 0.135 e. The van der Waals surface area contributed by atoms with E-state index in [4.69, 9.17) is 16.3 Å². The van der Waals surface area contributed by atoms with Crippen molar-refractivity contribution in [1.82, 2.24) is 24.7 Å². The number of para-hydroxylation sites is 1. The molecule has 4 aromatic rings. The largest absolute Gasteiger partial charge is 0.378 e. The third-order valence-corrected chi connectivity index (χ3v) is 4.35. The lowest BCUT2D eigenvalue weighted by molar-refractivity contribution is 0.181. The van der Waals surface area contributed by atoms with Crippen LogP contribution < -0.4 is 5.32 Å². The molecule has 8 nitrogen and oxygen atoms in total. The average Bonchev–Trinajstić information content (AvgIpc) is 3.11. The van der Waals surface area contributed by atoms with Crippen molar-refractivity contribution in [2.24, 2.45) is 0 Å². The minimum absolute atomic E-state index is 0.389. The highest BCUT2D eigenvalue weighted by Crippen LogP contribution is 2.28. The van der Waals surface area contributed by atoms with Crippen molar-refractivity contribution in [3.8, 4) is 11.8 Å². The topological polar surface area (TPSA) is 102 Å². The summed E-state index contributed by atoms with van der Waals surface area (Å²) in [5, 5.41) is 18.2. The number of anilines is 2. The van der Waals surface area contributed by atoms with Crippen LogP contribution in [0.2, 0.25) is 5.02 Å². The van der Waals surface area contributed by atoms with Crippen molar-refractivity contribution in [2.75, 3.05) is 12.4 Å². The Kier molecular flexibility index (Phi) is 4.85. The third-order valence-electron chi connectivity index (χ3n) is 4.04. The summed E-state index contributed by atoms with van der Waals surface area (Å²) in [5.41, 5.74) is 2.47. The van der Waals surface area contributed by atoms with Gasteiger partial charge in [0.15, 0.2) is 0 Å². The molecular formula is C19H14ClN7O. The highest BCUT2D eigenvalue weighted by Gasteiger charge is 2.14. The Balaban J connectivity index is 1.76. The number of aromatic nitrogens is 5. The number of hydrogen-bond acceptors (Lipinski definition) is 7. The molecule has 1 N–H and O–H groups in total. The zero-order chi connectivity index (χ0) is 19.5. The molecule has 0 amide bonds. The SMILES string of the molecule is COCc1cc(Nc2cc3c(cn2)cnn3-c2c(Cl)cccc2C#N)ncn1. The van der Waals surface area contributed by atoms with E-state index in [1.165, 1.54) is 6.33 Å². The lowest BCUT2D eigenvalue weighted by atomic mass is 10.2. The first-order valence-corrected chi connectivity index (χ1v) is 8.67. The lowest BCUT2D eigenvalue weighted by Crippen LogP contribution is -2.02. The number of pyridine rings is 1. The molecular weight excluding hydrogens is 378 g/mol. The van der Waals surface area contributed by atoms with Gasteiger partial charge in [-0.05, 0) is 12.1 Å². The summed E-state index contributed by atoms with van der Waals surface area (Å²) in [7, 11) is 1.61. The second kappa shape index (κ2) is 7.60. The Bertz CT molecular complexity index is 1200. The fourth-order valence-electron chi connectivity index (χ4n) is 2.81. The molecule has 0 radical (unpaired) electrons. The summed E-state index contributed by atoms with van der Waals surface area (Å²) in [6.45, 7) is 0.389. The lowest BCUT2D eigenvalue weighted by Gasteiger charge is -2.09. The van der Waals surface area contributed by atoms with Gasteiger partial charge in [0.1, 0.15) is 29.7 Å². The van der Waals surface area contributed by atoms with E-state index in [1.807, 2.05) is 6.07 Å². The number of halogens is 1. The van der Waals surface area contributed by atoms with E-state index in [2.05, 4.69) is 31.4 Å². The van der Waals surface area contributed by atoms with Crippen LogP contribution in [0.5, 0.6) is 0 Å². The van der Waals surface area contributed by atoms with Crippen molar-refractivity contribution in [2.45, 2.75) is 6.61 Å². The molecule has 0 saturated carbocycles. The number of benzene rings is 1. The smallest absolute Gasteiger partial charge is 0.135 e. The number of nitrogens with one attached hydrogen (secondary N) is 1. The van der Waals surface area contributed by atoms with Crippen molar-refractivity contribution in [3.63, 3.8) is 0 Å². The molecule has 0 bridgehead atoms. The van der Waals surface area contributed by atoms with E-state index in [0.717, 1.165) is 16.6 Å². The molecule has 28 heavy (non-hydrogen) atoms. The molecule has 0 saturated heterocycles. The van der Waals surface area contributed by atoms with Crippen LogP contribution in [0.4, 0.5) is 11.6 Å². The first kappa shape index (κ1) is 17.9. The molecule has 1 aromatic carbocycles. The predicted octanol–water partition coefficient (Wildman–Crippen LogP) is 3.63. The van der Waals surface area contributed by atoms with E-state index < -0.39 is 0 Å². The Labute approximate surface area is 165 Å². The van der Waals surface area contributed by atoms with Crippen molar-refractivity contribution in [1.29, 1.82) is 5.26 Å². The second-order valence-electron chi connectivity index (χ2n) is 5.89. The zero-order valence-corrected chi connectivity index (χ0v) is 15.6. The van der Waals surface area contributed by atoms with Crippen LogP contribution in [0.15, 0.2) is 49.1 Å². The van der Waals surface area contributed by atoms with Crippen molar-refractivity contribution in [3.05, 3.63) is 65.3 Å². The van der Waals surface area contributed by atoms with E-state index in [9.17, 15) is 5.26 Å². The molecule has 4 rings (SSSR count).